The second-order valence-electron chi connectivity index (χ2n) is 4.06. The number of carboxylic acid groups (broad SMARTS) is 1. The third kappa shape index (κ3) is 2.90. The van der Waals surface area contributed by atoms with Crippen LogP contribution in [-0.2, 0) is 13.2 Å². The molecule has 8 heteroatoms. The van der Waals surface area contributed by atoms with Crippen LogP contribution in [0.1, 0.15) is 15.9 Å². The van der Waals surface area contributed by atoms with Gasteiger partial charge >= 0.3 is 12.1 Å². The molecule has 0 unspecified atom stereocenters. The van der Waals surface area contributed by atoms with Gasteiger partial charge in [-0.3, -0.25) is 4.68 Å². The van der Waals surface area contributed by atoms with Gasteiger partial charge in [0, 0.05) is 25.0 Å². The molecule has 20 heavy (non-hydrogen) atoms. The summed E-state index contributed by atoms with van der Waals surface area (Å²) >= 11 is 0. The molecule has 0 bridgehead atoms. The Kier molecular flexibility index (Phi) is 3.39. The zero-order chi connectivity index (χ0) is 14.9. The number of alkyl halides is 3. The number of carbonyl (C=O) groups is 1. The summed E-state index contributed by atoms with van der Waals surface area (Å²) < 4.78 is 39.5. The molecule has 0 aliphatic heterocycles. The minimum Gasteiger partial charge on any atom is -0.478 e. The quantitative estimate of drug-likeness (QED) is 0.910. The molecular weight excluding hydrogens is 275 g/mol. The average molecular weight is 285 g/mol. The van der Waals surface area contributed by atoms with Crippen molar-refractivity contribution in [1.82, 2.24) is 9.78 Å². The van der Waals surface area contributed by atoms with Gasteiger partial charge in [0.2, 0.25) is 0 Å². The molecule has 0 fully saturated rings. The van der Waals surface area contributed by atoms with Crippen molar-refractivity contribution >= 4 is 17.5 Å². The number of halogens is 3. The second-order valence-corrected chi connectivity index (χ2v) is 4.06. The molecule has 2 aromatic rings. The molecule has 0 amide bonds. The van der Waals surface area contributed by atoms with E-state index in [1.54, 1.807) is 19.3 Å². The van der Waals surface area contributed by atoms with Crippen molar-refractivity contribution in [3.8, 4) is 0 Å². The summed E-state index contributed by atoms with van der Waals surface area (Å²) in [5.74, 6) is -1.23. The van der Waals surface area contributed by atoms with Crippen LogP contribution >= 0.6 is 0 Å². The van der Waals surface area contributed by atoms with Gasteiger partial charge in [0.15, 0.2) is 5.82 Å². The van der Waals surface area contributed by atoms with E-state index in [0.717, 1.165) is 18.2 Å². The summed E-state index contributed by atoms with van der Waals surface area (Å²) in [5.41, 5.74) is -1.77. The van der Waals surface area contributed by atoms with Gasteiger partial charge in [-0.25, -0.2) is 4.79 Å². The first-order chi connectivity index (χ1) is 9.27. The molecule has 2 N–H and O–H groups in total. The van der Waals surface area contributed by atoms with Crippen molar-refractivity contribution in [3.05, 3.63) is 41.6 Å². The number of aryl methyl sites for hydroxylation is 1. The van der Waals surface area contributed by atoms with Gasteiger partial charge in [-0.1, -0.05) is 0 Å². The van der Waals surface area contributed by atoms with Crippen molar-refractivity contribution < 1.29 is 23.1 Å². The van der Waals surface area contributed by atoms with Gasteiger partial charge in [-0.15, -0.1) is 0 Å². The summed E-state index contributed by atoms with van der Waals surface area (Å²) in [7, 11) is 1.68. The van der Waals surface area contributed by atoms with Gasteiger partial charge < -0.3 is 10.4 Å². The maximum Gasteiger partial charge on any atom is 0.417 e. The molecule has 1 aromatic carbocycles. The van der Waals surface area contributed by atoms with E-state index in [9.17, 15) is 18.0 Å². The van der Waals surface area contributed by atoms with Crippen molar-refractivity contribution in [2.45, 2.75) is 6.18 Å². The maximum absolute atomic E-state index is 12.7. The van der Waals surface area contributed by atoms with Crippen LogP contribution in [0.3, 0.4) is 0 Å². The molecule has 0 aliphatic carbocycles. The zero-order valence-corrected chi connectivity index (χ0v) is 10.3. The van der Waals surface area contributed by atoms with E-state index in [1.165, 1.54) is 4.68 Å². The highest BCUT2D eigenvalue weighted by Gasteiger charge is 2.35. The average Bonchev–Trinajstić information content (AvgIpc) is 2.73. The summed E-state index contributed by atoms with van der Waals surface area (Å²) in [5, 5.41) is 15.6. The van der Waals surface area contributed by atoms with E-state index in [1.807, 2.05) is 0 Å². The molecular formula is C12H10F3N3O2. The van der Waals surface area contributed by atoms with Crippen LogP contribution in [0, 0.1) is 0 Å². The number of rotatable bonds is 3. The molecule has 0 saturated heterocycles. The van der Waals surface area contributed by atoms with E-state index in [-0.39, 0.29) is 5.69 Å². The molecule has 1 heterocycles. The number of carboxylic acids is 1. The normalized spacial score (nSPS) is 11.4. The highest BCUT2D eigenvalue weighted by Crippen LogP contribution is 2.33. The van der Waals surface area contributed by atoms with Crippen LogP contribution in [0.5, 0.6) is 0 Å². The molecule has 5 nitrogen and oxygen atoms in total. The third-order valence-corrected chi connectivity index (χ3v) is 2.54. The molecule has 0 atom stereocenters. The Balaban J connectivity index is 2.38. The molecule has 0 saturated carbocycles. The largest absolute Gasteiger partial charge is 0.478 e. The maximum atomic E-state index is 12.7. The van der Waals surface area contributed by atoms with E-state index >= 15 is 0 Å². The number of aromatic nitrogens is 2. The Morgan fingerprint density at radius 2 is 2.05 bits per heavy atom. The van der Waals surface area contributed by atoms with Crippen molar-refractivity contribution in [2.24, 2.45) is 7.05 Å². The van der Waals surface area contributed by atoms with E-state index in [2.05, 4.69) is 10.4 Å². The molecule has 1 aromatic heterocycles. The predicted octanol–water partition coefficient (Wildman–Crippen LogP) is 2.88. The number of hydrogen-bond acceptors (Lipinski definition) is 3. The Bertz CT molecular complexity index is 650. The number of hydrogen-bond donors (Lipinski definition) is 2. The topological polar surface area (TPSA) is 67.2 Å². The van der Waals surface area contributed by atoms with Crippen LogP contribution < -0.4 is 5.32 Å². The number of anilines is 2. The van der Waals surface area contributed by atoms with Gasteiger partial charge in [-0.2, -0.15) is 18.3 Å². The Morgan fingerprint density at radius 1 is 1.35 bits per heavy atom. The fraction of sp³-hybridized carbons (Fsp3) is 0.167. The van der Waals surface area contributed by atoms with Crippen molar-refractivity contribution in [1.29, 1.82) is 0 Å². The fourth-order valence-electron chi connectivity index (χ4n) is 1.68. The Morgan fingerprint density at radius 3 is 2.55 bits per heavy atom. The third-order valence-electron chi connectivity index (χ3n) is 2.54. The number of aromatic carboxylic acids is 1. The lowest BCUT2D eigenvalue weighted by molar-refractivity contribution is -0.138. The highest BCUT2D eigenvalue weighted by atomic mass is 19.4. The first-order valence-electron chi connectivity index (χ1n) is 5.48. The van der Waals surface area contributed by atoms with Crippen molar-refractivity contribution in [2.75, 3.05) is 5.32 Å². The lowest BCUT2D eigenvalue weighted by Crippen LogP contribution is -2.13. The smallest absolute Gasteiger partial charge is 0.417 e. The van der Waals surface area contributed by atoms with Crippen LogP contribution in [0.4, 0.5) is 24.7 Å². The molecule has 2 rings (SSSR count). The molecule has 0 spiro atoms. The van der Waals surface area contributed by atoms with Gasteiger partial charge in [0.25, 0.3) is 0 Å². The Labute approximate surface area is 111 Å². The minimum atomic E-state index is -4.71. The van der Waals surface area contributed by atoms with Crippen LogP contribution in [0.25, 0.3) is 0 Å². The standard InChI is InChI=1S/C12H10F3N3O2/c1-18-5-4-10(17-18)16-7-2-3-9(12(13,14)15)8(6-7)11(19)20/h2-6H,1H3,(H,16,17)(H,19,20). The zero-order valence-electron chi connectivity index (χ0n) is 10.3. The van der Waals surface area contributed by atoms with Crippen LogP contribution in [0.2, 0.25) is 0 Å². The second kappa shape index (κ2) is 4.87. The van der Waals surface area contributed by atoms with Crippen LogP contribution in [0.15, 0.2) is 30.5 Å². The summed E-state index contributed by atoms with van der Waals surface area (Å²) in [6, 6.07) is 4.43. The highest BCUT2D eigenvalue weighted by molar-refractivity contribution is 5.91. The van der Waals surface area contributed by atoms with Gasteiger partial charge in [0.1, 0.15) is 0 Å². The summed E-state index contributed by atoms with van der Waals surface area (Å²) in [6.07, 6.45) is -3.07. The minimum absolute atomic E-state index is 0.217. The van der Waals surface area contributed by atoms with Crippen molar-refractivity contribution in [3.63, 3.8) is 0 Å². The van der Waals surface area contributed by atoms with Gasteiger partial charge in [-0.05, 0) is 18.2 Å². The molecule has 106 valence electrons. The fourth-order valence-corrected chi connectivity index (χ4v) is 1.68. The predicted molar refractivity (Wildman–Crippen MR) is 64.9 cm³/mol. The molecule has 0 aliphatic rings. The van der Waals surface area contributed by atoms with E-state index in [0.29, 0.717) is 5.82 Å². The molecule has 0 radical (unpaired) electrons. The number of benzene rings is 1. The summed E-state index contributed by atoms with van der Waals surface area (Å²) in [4.78, 5) is 10.9. The summed E-state index contributed by atoms with van der Waals surface area (Å²) in [6.45, 7) is 0. The SMILES string of the molecule is Cn1ccc(Nc2ccc(C(F)(F)F)c(C(=O)O)c2)n1. The first-order valence-corrected chi connectivity index (χ1v) is 5.48. The number of nitrogens with one attached hydrogen (secondary N) is 1. The van der Waals surface area contributed by atoms with Crippen LogP contribution in [-0.4, -0.2) is 20.9 Å². The lowest BCUT2D eigenvalue weighted by Gasteiger charge is -2.12. The number of nitrogens with zero attached hydrogens (tertiary/aromatic N) is 2. The van der Waals surface area contributed by atoms with Gasteiger partial charge in [0.05, 0.1) is 11.1 Å². The van der Waals surface area contributed by atoms with E-state index in [4.69, 9.17) is 5.11 Å². The lowest BCUT2D eigenvalue weighted by atomic mass is 10.1. The Hall–Kier alpha value is -2.51. The first kappa shape index (κ1) is 13.9. The monoisotopic (exact) mass is 285 g/mol. The van der Waals surface area contributed by atoms with E-state index < -0.39 is 23.3 Å².